The molecule has 2 unspecified atom stereocenters. The summed E-state index contributed by atoms with van der Waals surface area (Å²) in [5.74, 6) is 0.667. The molecule has 2 atom stereocenters. The van der Waals surface area contributed by atoms with E-state index in [2.05, 4.69) is 17.1 Å². The number of nitrogens with one attached hydrogen (secondary N) is 1. The van der Waals surface area contributed by atoms with Crippen LogP contribution in [0.3, 0.4) is 0 Å². The second kappa shape index (κ2) is 8.48. The molecule has 1 aliphatic heterocycles. The van der Waals surface area contributed by atoms with Crippen LogP contribution in [0.25, 0.3) is 0 Å². The molecule has 4 heteroatoms. The van der Waals surface area contributed by atoms with Crippen LogP contribution >= 0.6 is 0 Å². The van der Waals surface area contributed by atoms with E-state index >= 15 is 0 Å². The van der Waals surface area contributed by atoms with Crippen molar-refractivity contribution in [3.63, 3.8) is 0 Å². The van der Waals surface area contributed by atoms with E-state index in [1.807, 2.05) is 6.92 Å². The van der Waals surface area contributed by atoms with Gasteiger partial charge in [0.05, 0.1) is 0 Å². The van der Waals surface area contributed by atoms with Gasteiger partial charge in [-0.25, -0.2) is 0 Å². The van der Waals surface area contributed by atoms with E-state index < -0.39 is 0 Å². The maximum atomic E-state index is 11.6. The standard InChI is InChI=1S/C14H29N3O/c1-12(11-17-8-4-3-5-9-17)10-16-14(18)7-6-13(2)15/h12-13H,3-11,15H2,1-2H3,(H,16,18). The molecule has 3 N–H and O–H groups in total. The molecule has 1 amide bonds. The fraction of sp³-hybridized carbons (Fsp3) is 0.929. The summed E-state index contributed by atoms with van der Waals surface area (Å²) in [5.41, 5.74) is 5.63. The Hall–Kier alpha value is -0.610. The van der Waals surface area contributed by atoms with E-state index in [4.69, 9.17) is 5.73 Å². The van der Waals surface area contributed by atoms with E-state index in [9.17, 15) is 4.79 Å². The molecule has 18 heavy (non-hydrogen) atoms. The molecule has 0 aliphatic carbocycles. The maximum Gasteiger partial charge on any atom is 0.220 e. The Morgan fingerprint density at radius 1 is 1.28 bits per heavy atom. The summed E-state index contributed by atoms with van der Waals surface area (Å²) < 4.78 is 0. The molecule has 1 rings (SSSR count). The molecular formula is C14H29N3O. The second-order valence-electron chi connectivity index (χ2n) is 5.79. The summed E-state index contributed by atoms with van der Waals surface area (Å²) in [5, 5.41) is 3.01. The Morgan fingerprint density at radius 3 is 2.56 bits per heavy atom. The molecule has 0 radical (unpaired) electrons. The Bertz CT molecular complexity index is 237. The number of nitrogens with zero attached hydrogens (tertiary/aromatic N) is 1. The number of rotatable bonds is 7. The largest absolute Gasteiger partial charge is 0.356 e. The van der Waals surface area contributed by atoms with Gasteiger partial charge in [0.1, 0.15) is 0 Å². The molecule has 1 saturated heterocycles. The summed E-state index contributed by atoms with van der Waals surface area (Å²) in [6.07, 6.45) is 5.35. The number of nitrogens with two attached hydrogens (primary N) is 1. The van der Waals surface area contributed by atoms with Gasteiger partial charge in [0.15, 0.2) is 0 Å². The summed E-state index contributed by atoms with van der Waals surface area (Å²) >= 11 is 0. The van der Waals surface area contributed by atoms with Crippen LogP contribution in [0, 0.1) is 5.92 Å². The number of hydrogen-bond acceptors (Lipinski definition) is 3. The molecule has 0 bridgehead atoms. The van der Waals surface area contributed by atoms with Crippen molar-refractivity contribution in [3.8, 4) is 0 Å². The number of carbonyl (C=O) groups is 1. The summed E-state index contributed by atoms with van der Waals surface area (Å²) in [4.78, 5) is 14.1. The Balaban J connectivity index is 2.08. The normalized spacial score (nSPS) is 20.4. The zero-order chi connectivity index (χ0) is 13.4. The van der Waals surface area contributed by atoms with Crippen LogP contribution in [0.5, 0.6) is 0 Å². The lowest BCUT2D eigenvalue weighted by Crippen LogP contribution is -2.38. The fourth-order valence-electron chi connectivity index (χ4n) is 2.38. The second-order valence-corrected chi connectivity index (χ2v) is 5.79. The van der Waals surface area contributed by atoms with E-state index in [1.165, 1.54) is 32.4 Å². The summed E-state index contributed by atoms with van der Waals surface area (Å²) in [6.45, 7) is 8.49. The molecule has 1 heterocycles. The molecular weight excluding hydrogens is 226 g/mol. The van der Waals surface area contributed by atoms with Crippen LogP contribution in [0.2, 0.25) is 0 Å². The summed E-state index contributed by atoms with van der Waals surface area (Å²) in [7, 11) is 0. The van der Waals surface area contributed by atoms with Gasteiger partial charge in [-0.15, -0.1) is 0 Å². The van der Waals surface area contributed by atoms with E-state index in [-0.39, 0.29) is 11.9 Å². The lowest BCUT2D eigenvalue weighted by atomic mass is 10.1. The Kier molecular flexibility index (Phi) is 7.28. The first kappa shape index (κ1) is 15.4. The molecule has 0 aromatic carbocycles. The quantitative estimate of drug-likeness (QED) is 0.722. The Labute approximate surface area is 111 Å². The SMILES string of the molecule is CC(N)CCC(=O)NCC(C)CN1CCCCC1. The van der Waals surface area contributed by atoms with Gasteiger partial charge in [-0.05, 0) is 45.2 Å². The van der Waals surface area contributed by atoms with Gasteiger partial charge in [0, 0.05) is 25.6 Å². The minimum atomic E-state index is 0.113. The number of carbonyl (C=O) groups excluding carboxylic acids is 1. The van der Waals surface area contributed by atoms with Gasteiger partial charge >= 0.3 is 0 Å². The predicted octanol–water partition coefficient (Wildman–Crippen LogP) is 1.35. The molecule has 106 valence electrons. The molecule has 0 spiro atoms. The average molecular weight is 255 g/mol. The lowest BCUT2D eigenvalue weighted by Gasteiger charge is -2.29. The van der Waals surface area contributed by atoms with Crippen molar-refractivity contribution in [1.29, 1.82) is 0 Å². The molecule has 0 saturated carbocycles. The number of hydrogen-bond donors (Lipinski definition) is 2. The maximum absolute atomic E-state index is 11.6. The Morgan fingerprint density at radius 2 is 1.94 bits per heavy atom. The van der Waals surface area contributed by atoms with Gasteiger partial charge in [0.25, 0.3) is 0 Å². The third kappa shape index (κ3) is 6.97. The first-order valence-corrected chi connectivity index (χ1v) is 7.32. The first-order valence-electron chi connectivity index (χ1n) is 7.32. The van der Waals surface area contributed by atoms with Gasteiger partial charge in [0.2, 0.25) is 5.91 Å². The molecule has 0 aromatic heterocycles. The fourth-order valence-corrected chi connectivity index (χ4v) is 2.38. The lowest BCUT2D eigenvalue weighted by molar-refractivity contribution is -0.121. The minimum Gasteiger partial charge on any atom is -0.356 e. The molecule has 4 nitrogen and oxygen atoms in total. The average Bonchev–Trinajstić information content (AvgIpc) is 2.35. The topological polar surface area (TPSA) is 58.4 Å². The van der Waals surface area contributed by atoms with Gasteiger partial charge in [-0.2, -0.15) is 0 Å². The third-order valence-electron chi connectivity index (χ3n) is 3.49. The highest BCUT2D eigenvalue weighted by Crippen LogP contribution is 2.10. The number of likely N-dealkylation sites (tertiary alicyclic amines) is 1. The highest BCUT2D eigenvalue weighted by atomic mass is 16.1. The van der Waals surface area contributed by atoms with Crippen molar-refractivity contribution >= 4 is 5.91 Å². The first-order chi connectivity index (χ1) is 8.58. The van der Waals surface area contributed by atoms with Crippen molar-refractivity contribution < 1.29 is 4.79 Å². The zero-order valence-corrected chi connectivity index (χ0v) is 12.0. The van der Waals surface area contributed by atoms with E-state index in [1.54, 1.807) is 0 Å². The smallest absolute Gasteiger partial charge is 0.220 e. The number of amides is 1. The molecule has 1 aliphatic rings. The van der Waals surface area contributed by atoms with Gasteiger partial charge in [-0.1, -0.05) is 13.3 Å². The van der Waals surface area contributed by atoms with Crippen LogP contribution in [-0.4, -0.2) is 43.0 Å². The zero-order valence-electron chi connectivity index (χ0n) is 12.0. The van der Waals surface area contributed by atoms with Crippen LogP contribution in [0.15, 0.2) is 0 Å². The van der Waals surface area contributed by atoms with Crippen LogP contribution in [0.4, 0.5) is 0 Å². The summed E-state index contributed by atoms with van der Waals surface area (Å²) in [6, 6.07) is 0.113. The van der Waals surface area contributed by atoms with Crippen molar-refractivity contribution in [3.05, 3.63) is 0 Å². The van der Waals surface area contributed by atoms with Crippen LogP contribution in [0.1, 0.15) is 46.0 Å². The third-order valence-corrected chi connectivity index (χ3v) is 3.49. The molecule has 1 fully saturated rings. The van der Waals surface area contributed by atoms with Crippen molar-refractivity contribution in [2.75, 3.05) is 26.2 Å². The highest BCUT2D eigenvalue weighted by molar-refractivity contribution is 5.75. The molecule has 0 aromatic rings. The van der Waals surface area contributed by atoms with Crippen molar-refractivity contribution in [2.45, 2.75) is 52.0 Å². The van der Waals surface area contributed by atoms with Crippen molar-refractivity contribution in [2.24, 2.45) is 11.7 Å². The van der Waals surface area contributed by atoms with Gasteiger partial charge in [-0.3, -0.25) is 4.79 Å². The number of piperidine rings is 1. The van der Waals surface area contributed by atoms with Crippen LogP contribution < -0.4 is 11.1 Å². The van der Waals surface area contributed by atoms with E-state index in [0.29, 0.717) is 12.3 Å². The minimum absolute atomic E-state index is 0.113. The predicted molar refractivity (Wildman–Crippen MR) is 75.3 cm³/mol. The van der Waals surface area contributed by atoms with E-state index in [0.717, 1.165) is 19.5 Å². The highest BCUT2D eigenvalue weighted by Gasteiger charge is 2.14. The van der Waals surface area contributed by atoms with Crippen molar-refractivity contribution in [1.82, 2.24) is 10.2 Å². The van der Waals surface area contributed by atoms with Gasteiger partial charge < -0.3 is 16.0 Å². The van der Waals surface area contributed by atoms with Crippen LogP contribution in [-0.2, 0) is 4.79 Å². The monoisotopic (exact) mass is 255 g/mol.